The molecule has 0 saturated heterocycles. The standard InChI is InChI=1S/C10H11N3O4/c1-13-8-7(3-2-4-11-8)17-5-6(9(13)14)12-10(15)16/h2-4,6,12H,5H2,1H3,(H,15,16). The van der Waals surface area contributed by atoms with Crippen LogP contribution < -0.4 is 15.0 Å². The van der Waals surface area contributed by atoms with E-state index in [1.165, 1.54) is 18.1 Å². The maximum Gasteiger partial charge on any atom is 0.405 e. The molecule has 1 aromatic rings. The number of nitrogens with zero attached hydrogens (tertiary/aromatic N) is 2. The number of rotatable bonds is 1. The quantitative estimate of drug-likeness (QED) is 0.721. The van der Waals surface area contributed by atoms with Gasteiger partial charge in [-0.3, -0.25) is 9.69 Å². The third-order valence-corrected chi connectivity index (χ3v) is 2.40. The SMILES string of the molecule is CN1C(=O)C(NC(=O)O)COc2cccnc21. The number of hydrogen-bond acceptors (Lipinski definition) is 4. The van der Waals surface area contributed by atoms with E-state index in [9.17, 15) is 9.59 Å². The minimum Gasteiger partial charge on any atom is -0.487 e. The molecule has 1 unspecified atom stereocenters. The summed E-state index contributed by atoms with van der Waals surface area (Å²) in [5, 5.41) is 10.7. The maximum atomic E-state index is 11.9. The predicted molar refractivity (Wildman–Crippen MR) is 58.1 cm³/mol. The monoisotopic (exact) mass is 237 g/mol. The van der Waals surface area contributed by atoms with Crippen LogP contribution in [-0.2, 0) is 4.79 Å². The summed E-state index contributed by atoms with van der Waals surface area (Å²) in [5.41, 5.74) is 0. The molecule has 1 atom stereocenters. The molecule has 1 aliphatic rings. The van der Waals surface area contributed by atoms with E-state index in [1.54, 1.807) is 12.1 Å². The van der Waals surface area contributed by atoms with E-state index >= 15 is 0 Å². The molecule has 7 nitrogen and oxygen atoms in total. The predicted octanol–water partition coefficient (Wildman–Crippen LogP) is 0.0730. The van der Waals surface area contributed by atoms with Gasteiger partial charge in [0.25, 0.3) is 5.91 Å². The second-order valence-corrected chi connectivity index (χ2v) is 3.54. The van der Waals surface area contributed by atoms with Crippen molar-refractivity contribution in [2.75, 3.05) is 18.6 Å². The first-order chi connectivity index (χ1) is 8.09. The number of amides is 2. The zero-order chi connectivity index (χ0) is 12.4. The Hall–Kier alpha value is -2.31. The molecule has 1 aliphatic heterocycles. The van der Waals surface area contributed by atoms with E-state index in [0.29, 0.717) is 11.6 Å². The molecule has 2 N–H and O–H groups in total. The van der Waals surface area contributed by atoms with Crippen molar-refractivity contribution < 1.29 is 19.4 Å². The molecule has 0 spiro atoms. The second kappa shape index (κ2) is 4.28. The van der Waals surface area contributed by atoms with Crippen molar-refractivity contribution >= 4 is 17.8 Å². The molecule has 0 fully saturated rings. The highest BCUT2D eigenvalue weighted by Crippen LogP contribution is 2.27. The van der Waals surface area contributed by atoms with Gasteiger partial charge in [-0.25, -0.2) is 9.78 Å². The van der Waals surface area contributed by atoms with Crippen LogP contribution in [-0.4, -0.2) is 41.8 Å². The molecule has 0 radical (unpaired) electrons. The van der Waals surface area contributed by atoms with Crippen molar-refractivity contribution in [1.29, 1.82) is 0 Å². The summed E-state index contributed by atoms with van der Waals surface area (Å²) in [7, 11) is 1.53. The third-order valence-electron chi connectivity index (χ3n) is 2.40. The van der Waals surface area contributed by atoms with Crippen LogP contribution >= 0.6 is 0 Å². The highest BCUT2D eigenvalue weighted by atomic mass is 16.5. The normalized spacial score (nSPS) is 19.0. The van der Waals surface area contributed by atoms with E-state index in [0.717, 1.165) is 0 Å². The third kappa shape index (κ3) is 2.12. The summed E-state index contributed by atoms with van der Waals surface area (Å²) in [6.07, 6.45) is 0.274. The van der Waals surface area contributed by atoms with Gasteiger partial charge in [-0.1, -0.05) is 0 Å². The van der Waals surface area contributed by atoms with Gasteiger partial charge in [0.2, 0.25) is 0 Å². The van der Waals surface area contributed by atoms with E-state index < -0.39 is 18.0 Å². The Morgan fingerprint density at radius 3 is 3.18 bits per heavy atom. The molecule has 0 aliphatic carbocycles. The van der Waals surface area contributed by atoms with E-state index in [4.69, 9.17) is 9.84 Å². The van der Waals surface area contributed by atoms with Gasteiger partial charge in [-0.2, -0.15) is 0 Å². The smallest absolute Gasteiger partial charge is 0.405 e. The first-order valence-electron chi connectivity index (χ1n) is 4.94. The first-order valence-corrected chi connectivity index (χ1v) is 4.94. The number of pyridine rings is 1. The molecule has 1 aromatic heterocycles. The van der Waals surface area contributed by atoms with Gasteiger partial charge in [0.1, 0.15) is 12.6 Å². The second-order valence-electron chi connectivity index (χ2n) is 3.54. The summed E-state index contributed by atoms with van der Waals surface area (Å²) in [6, 6.07) is 2.43. The van der Waals surface area contributed by atoms with Crippen molar-refractivity contribution in [3.05, 3.63) is 18.3 Å². The number of aromatic nitrogens is 1. The Balaban J connectivity index is 2.29. The van der Waals surface area contributed by atoms with Gasteiger partial charge in [0.15, 0.2) is 11.6 Å². The number of ether oxygens (including phenoxy) is 1. The molecule has 7 heteroatoms. The summed E-state index contributed by atoms with van der Waals surface area (Å²) in [4.78, 5) is 27.8. The minimum absolute atomic E-state index is 0.0475. The van der Waals surface area contributed by atoms with Crippen molar-refractivity contribution in [3.8, 4) is 5.75 Å². The zero-order valence-corrected chi connectivity index (χ0v) is 9.08. The number of carboxylic acid groups (broad SMARTS) is 1. The van der Waals surface area contributed by atoms with Gasteiger partial charge in [0, 0.05) is 13.2 Å². The lowest BCUT2D eigenvalue weighted by atomic mass is 10.3. The fourth-order valence-electron chi connectivity index (χ4n) is 1.58. The Labute approximate surface area is 97.0 Å². The van der Waals surface area contributed by atoms with Crippen LogP contribution in [0.15, 0.2) is 18.3 Å². The van der Waals surface area contributed by atoms with Gasteiger partial charge in [-0.15, -0.1) is 0 Å². The molecule has 0 aromatic carbocycles. The molecule has 2 rings (SSSR count). The van der Waals surface area contributed by atoms with Gasteiger partial charge in [-0.05, 0) is 12.1 Å². The topological polar surface area (TPSA) is 91.8 Å². The average Bonchev–Trinajstić information content (AvgIpc) is 2.42. The molecule has 2 heterocycles. The molecule has 2 amide bonds. The fraction of sp³-hybridized carbons (Fsp3) is 0.300. The summed E-state index contributed by atoms with van der Waals surface area (Å²) in [6.45, 7) is -0.0475. The first kappa shape index (κ1) is 11.2. The molecular weight excluding hydrogens is 226 g/mol. The van der Waals surface area contributed by atoms with Gasteiger partial charge >= 0.3 is 6.09 Å². The van der Waals surface area contributed by atoms with Gasteiger partial charge < -0.3 is 15.2 Å². The molecule has 17 heavy (non-hydrogen) atoms. The van der Waals surface area contributed by atoms with Crippen molar-refractivity contribution in [1.82, 2.24) is 10.3 Å². The van der Waals surface area contributed by atoms with Crippen LogP contribution in [0.2, 0.25) is 0 Å². The van der Waals surface area contributed by atoms with Crippen LogP contribution in [0.5, 0.6) is 5.75 Å². The van der Waals surface area contributed by atoms with Crippen LogP contribution in [0.1, 0.15) is 0 Å². The summed E-state index contributed by atoms with van der Waals surface area (Å²) >= 11 is 0. The number of carbonyl (C=O) groups excluding carboxylic acids is 1. The number of likely N-dealkylation sites (N-methyl/N-ethyl adjacent to an activating group) is 1. The van der Waals surface area contributed by atoms with E-state index in [-0.39, 0.29) is 6.61 Å². The zero-order valence-electron chi connectivity index (χ0n) is 9.08. The van der Waals surface area contributed by atoms with Crippen molar-refractivity contribution in [2.45, 2.75) is 6.04 Å². The lowest BCUT2D eigenvalue weighted by Gasteiger charge is -2.18. The highest BCUT2D eigenvalue weighted by Gasteiger charge is 2.30. The summed E-state index contributed by atoms with van der Waals surface area (Å²) < 4.78 is 5.35. The Bertz CT molecular complexity index is 463. The Kier molecular flexibility index (Phi) is 2.82. The molecular formula is C10H11N3O4. The fourth-order valence-corrected chi connectivity index (χ4v) is 1.58. The van der Waals surface area contributed by atoms with Crippen LogP contribution in [0.4, 0.5) is 10.6 Å². The molecule has 90 valence electrons. The van der Waals surface area contributed by atoms with Crippen molar-refractivity contribution in [2.24, 2.45) is 0 Å². The van der Waals surface area contributed by atoms with Crippen molar-refractivity contribution in [3.63, 3.8) is 0 Å². The number of hydrogen-bond donors (Lipinski definition) is 2. The number of anilines is 1. The van der Waals surface area contributed by atoms with Crippen LogP contribution in [0.3, 0.4) is 0 Å². The summed E-state index contributed by atoms with van der Waals surface area (Å²) in [5.74, 6) is 0.440. The largest absolute Gasteiger partial charge is 0.487 e. The van der Waals surface area contributed by atoms with Gasteiger partial charge in [0.05, 0.1) is 0 Å². The Morgan fingerprint density at radius 2 is 2.47 bits per heavy atom. The van der Waals surface area contributed by atoms with E-state index in [1.807, 2.05) is 0 Å². The number of carbonyl (C=O) groups is 2. The maximum absolute atomic E-state index is 11.9. The average molecular weight is 237 g/mol. The van der Waals surface area contributed by atoms with Crippen LogP contribution in [0.25, 0.3) is 0 Å². The lowest BCUT2D eigenvalue weighted by molar-refractivity contribution is -0.120. The highest BCUT2D eigenvalue weighted by molar-refractivity contribution is 5.99. The van der Waals surface area contributed by atoms with E-state index in [2.05, 4.69) is 10.3 Å². The lowest BCUT2D eigenvalue weighted by Crippen LogP contribution is -2.49. The van der Waals surface area contributed by atoms with Crippen LogP contribution in [0, 0.1) is 0 Å². The number of fused-ring (bicyclic) bond motifs is 1. The minimum atomic E-state index is -1.26. The Morgan fingerprint density at radius 1 is 1.71 bits per heavy atom. The molecule has 0 saturated carbocycles. The number of nitrogens with one attached hydrogen (secondary N) is 1. The molecule has 0 bridgehead atoms.